The van der Waals surface area contributed by atoms with E-state index in [4.69, 9.17) is 5.84 Å². The van der Waals surface area contributed by atoms with Gasteiger partial charge in [0.15, 0.2) is 5.01 Å². The van der Waals surface area contributed by atoms with E-state index in [9.17, 15) is 14.0 Å². The predicted molar refractivity (Wildman–Crippen MR) is 63.8 cm³/mol. The lowest BCUT2D eigenvalue weighted by molar-refractivity contribution is 0.0662. The van der Waals surface area contributed by atoms with E-state index in [1.165, 1.54) is 5.38 Å². The largest absolute Gasteiger partial charge is 0.337 e. The molecule has 0 bridgehead atoms. The van der Waals surface area contributed by atoms with Crippen molar-refractivity contribution < 1.29 is 14.0 Å². The average Bonchev–Trinajstić information content (AvgIpc) is 2.87. The third-order valence-electron chi connectivity index (χ3n) is 2.76. The molecule has 98 valence electrons. The lowest BCUT2D eigenvalue weighted by atomic mass is 10.1. The van der Waals surface area contributed by atoms with Crippen LogP contribution in [0.1, 0.15) is 33.1 Å². The van der Waals surface area contributed by atoms with E-state index in [1.54, 1.807) is 4.90 Å². The van der Waals surface area contributed by atoms with Crippen LogP contribution < -0.4 is 11.3 Å². The van der Waals surface area contributed by atoms with Gasteiger partial charge >= 0.3 is 0 Å². The van der Waals surface area contributed by atoms with Crippen molar-refractivity contribution in [1.29, 1.82) is 0 Å². The number of nitrogens with one attached hydrogen (secondary N) is 1. The fraction of sp³-hybridized carbons (Fsp3) is 0.500. The Kier molecular flexibility index (Phi) is 3.87. The number of hydrogen-bond donors (Lipinski definition) is 2. The topological polar surface area (TPSA) is 88.3 Å². The number of aromatic nitrogens is 1. The molecule has 8 heteroatoms. The van der Waals surface area contributed by atoms with Gasteiger partial charge in [-0.05, 0) is 12.8 Å². The summed E-state index contributed by atoms with van der Waals surface area (Å²) >= 11 is 1.05. The van der Waals surface area contributed by atoms with Gasteiger partial charge in [-0.1, -0.05) is 0 Å². The number of piperidine rings is 1. The molecule has 0 unspecified atom stereocenters. The number of hydrogen-bond acceptors (Lipinski definition) is 5. The minimum Gasteiger partial charge on any atom is -0.337 e. The normalized spacial score (nSPS) is 16.7. The van der Waals surface area contributed by atoms with Crippen molar-refractivity contribution in [2.24, 2.45) is 5.84 Å². The molecule has 0 atom stereocenters. The third-order valence-corrected chi connectivity index (χ3v) is 3.60. The highest BCUT2D eigenvalue weighted by Crippen LogP contribution is 2.17. The average molecular weight is 272 g/mol. The second kappa shape index (κ2) is 5.40. The van der Waals surface area contributed by atoms with Crippen LogP contribution in [0.5, 0.6) is 0 Å². The predicted octanol–water partition coefficient (Wildman–Crippen LogP) is 0.321. The Morgan fingerprint density at radius 2 is 2.17 bits per heavy atom. The molecule has 2 rings (SSSR count). The first-order chi connectivity index (χ1) is 8.61. The number of nitrogens with two attached hydrogens (primary N) is 1. The molecule has 6 nitrogen and oxygen atoms in total. The summed E-state index contributed by atoms with van der Waals surface area (Å²) in [6.45, 7) is 0.770. The van der Waals surface area contributed by atoms with E-state index in [2.05, 4.69) is 4.98 Å². The first-order valence-corrected chi connectivity index (χ1v) is 6.39. The maximum atomic E-state index is 13.0. The smallest absolute Gasteiger partial charge is 0.294 e. The molecule has 0 aromatic carbocycles. The number of rotatable bonds is 2. The summed E-state index contributed by atoms with van der Waals surface area (Å²) in [7, 11) is 0. The van der Waals surface area contributed by atoms with Gasteiger partial charge < -0.3 is 4.90 Å². The molecule has 0 radical (unpaired) electrons. The highest BCUT2D eigenvalue weighted by Gasteiger charge is 2.25. The summed E-state index contributed by atoms with van der Waals surface area (Å²) in [4.78, 5) is 28.7. The summed E-state index contributed by atoms with van der Waals surface area (Å²) in [6, 6.07) is 0. The first kappa shape index (κ1) is 12.9. The van der Waals surface area contributed by atoms with Crippen LogP contribution in [0, 0.1) is 0 Å². The second-order valence-electron chi connectivity index (χ2n) is 3.98. The summed E-state index contributed by atoms with van der Waals surface area (Å²) in [5, 5.41) is 1.65. The SMILES string of the molecule is NNC(=O)c1nc(C(=O)N2CCC(F)CC2)cs1. The lowest BCUT2D eigenvalue weighted by Crippen LogP contribution is -2.39. The van der Waals surface area contributed by atoms with Gasteiger partial charge in [0, 0.05) is 18.5 Å². The molecule has 0 aliphatic carbocycles. The molecule has 2 heterocycles. The highest BCUT2D eigenvalue weighted by atomic mass is 32.1. The van der Waals surface area contributed by atoms with Crippen molar-refractivity contribution in [3.05, 3.63) is 16.1 Å². The van der Waals surface area contributed by atoms with E-state index in [1.807, 2.05) is 5.43 Å². The second-order valence-corrected chi connectivity index (χ2v) is 4.84. The van der Waals surface area contributed by atoms with E-state index < -0.39 is 12.1 Å². The molecule has 1 saturated heterocycles. The van der Waals surface area contributed by atoms with Gasteiger partial charge in [0.25, 0.3) is 11.8 Å². The molecular formula is C10H13FN4O2S. The number of carbonyl (C=O) groups excluding carboxylic acids is 2. The van der Waals surface area contributed by atoms with Crippen molar-refractivity contribution in [3.63, 3.8) is 0 Å². The molecule has 1 aromatic heterocycles. The summed E-state index contributed by atoms with van der Waals surface area (Å²) in [5.41, 5.74) is 2.16. The van der Waals surface area contributed by atoms with Gasteiger partial charge in [-0.3, -0.25) is 15.0 Å². The van der Waals surface area contributed by atoms with Crippen LogP contribution in [0.4, 0.5) is 4.39 Å². The Morgan fingerprint density at radius 1 is 1.50 bits per heavy atom. The number of thiazole rings is 1. The van der Waals surface area contributed by atoms with Gasteiger partial charge in [-0.15, -0.1) is 11.3 Å². The highest BCUT2D eigenvalue weighted by molar-refractivity contribution is 7.11. The maximum absolute atomic E-state index is 13.0. The number of hydrazine groups is 1. The van der Waals surface area contributed by atoms with E-state index in [0.29, 0.717) is 25.9 Å². The van der Waals surface area contributed by atoms with Crippen molar-refractivity contribution in [3.8, 4) is 0 Å². The number of alkyl halides is 1. The van der Waals surface area contributed by atoms with Gasteiger partial charge in [-0.2, -0.15) is 0 Å². The Hall–Kier alpha value is -1.54. The minimum absolute atomic E-state index is 0.140. The van der Waals surface area contributed by atoms with E-state index in [-0.39, 0.29) is 16.6 Å². The molecule has 2 amide bonds. The molecule has 0 saturated carbocycles. The number of nitrogen functional groups attached to an aromatic ring is 1. The molecule has 1 aromatic rings. The van der Waals surface area contributed by atoms with Crippen molar-refractivity contribution in [1.82, 2.24) is 15.3 Å². The van der Waals surface area contributed by atoms with Crippen molar-refractivity contribution >= 4 is 23.2 Å². The zero-order chi connectivity index (χ0) is 13.1. The van der Waals surface area contributed by atoms with Crippen LogP contribution in [0.25, 0.3) is 0 Å². The van der Waals surface area contributed by atoms with Gasteiger partial charge in [-0.25, -0.2) is 15.2 Å². The lowest BCUT2D eigenvalue weighted by Gasteiger charge is -2.27. The quantitative estimate of drug-likeness (QED) is 0.461. The Labute approximate surface area is 107 Å². The Balaban J connectivity index is 2.05. The molecule has 1 aliphatic rings. The van der Waals surface area contributed by atoms with Gasteiger partial charge in [0.05, 0.1) is 0 Å². The van der Waals surface area contributed by atoms with Crippen LogP contribution in [-0.4, -0.2) is 41.0 Å². The Bertz CT molecular complexity index is 456. The number of amides is 2. The minimum atomic E-state index is -0.830. The van der Waals surface area contributed by atoms with Crippen molar-refractivity contribution in [2.45, 2.75) is 19.0 Å². The zero-order valence-corrected chi connectivity index (χ0v) is 10.4. The monoisotopic (exact) mass is 272 g/mol. The summed E-state index contributed by atoms with van der Waals surface area (Å²) < 4.78 is 13.0. The van der Waals surface area contributed by atoms with E-state index >= 15 is 0 Å². The molecule has 1 aliphatic heterocycles. The first-order valence-electron chi connectivity index (χ1n) is 5.51. The molecule has 18 heavy (non-hydrogen) atoms. The van der Waals surface area contributed by atoms with Crippen LogP contribution >= 0.6 is 11.3 Å². The number of halogens is 1. The third kappa shape index (κ3) is 2.65. The molecule has 0 spiro atoms. The number of likely N-dealkylation sites (tertiary alicyclic amines) is 1. The van der Waals surface area contributed by atoms with Crippen LogP contribution in [0.2, 0.25) is 0 Å². The fourth-order valence-electron chi connectivity index (χ4n) is 1.75. The Morgan fingerprint density at radius 3 is 2.78 bits per heavy atom. The zero-order valence-electron chi connectivity index (χ0n) is 9.56. The van der Waals surface area contributed by atoms with Crippen LogP contribution in [0.15, 0.2) is 5.38 Å². The summed E-state index contributed by atoms with van der Waals surface area (Å²) in [5.74, 6) is 4.18. The maximum Gasteiger partial charge on any atom is 0.294 e. The number of carbonyl (C=O) groups is 2. The molecular weight excluding hydrogens is 259 g/mol. The number of nitrogens with zero attached hydrogens (tertiary/aromatic N) is 2. The van der Waals surface area contributed by atoms with Crippen molar-refractivity contribution in [2.75, 3.05) is 13.1 Å². The summed E-state index contributed by atoms with van der Waals surface area (Å²) in [6.07, 6.45) is -0.124. The van der Waals surface area contributed by atoms with Crippen LogP contribution in [0.3, 0.4) is 0 Å². The molecule has 1 fully saturated rings. The molecule has 3 N–H and O–H groups in total. The fourth-order valence-corrected chi connectivity index (χ4v) is 2.44. The van der Waals surface area contributed by atoms with Gasteiger partial charge in [0.2, 0.25) is 0 Å². The van der Waals surface area contributed by atoms with E-state index in [0.717, 1.165) is 11.3 Å². The van der Waals surface area contributed by atoms with Gasteiger partial charge in [0.1, 0.15) is 11.9 Å². The van der Waals surface area contributed by atoms with Crippen LogP contribution in [-0.2, 0) is 0 Å². The standard InChI is InChI=1S/C10H13FN4O2S/c11-6-1-3-15(4-2-6)10(17)7-5-18-9(13-7)8(16)14-12/h5-6H,1-4,12H2,(H,14,16).